The standard InChI is InChI=1S/C31H30N2O/c1-22(2)25-15-17-26(18-16-25)30-32(21-24-9-5-4-6-10-24)29-12-8-7-11-28(29)31(34)33(30)27-19-13-23(3)14-20-27/h4-20,22,30H,21H2,1-3H3/t30-/m1/s1. The number of hydrogen-bond acceptors (Lipinski definition) is 2. The van der Waals surface area contributed by atoms with Crippen molar-refractivity contribution in [3.05, 3.63) is 131 Å². The highest BCUT2D eigenvalue weighted by atomic mass is 16.2. The molecule has 3 nitrogen and oxygen atoms in total. The molecular weight excluding hydrogens is 416 g/mol. The van der Waals surface area contributed by atoms with Crippen molar-refractivity contribution in [3.8, 4) is 0 Å². The van der Waals surface area contributed by atoms with E-state index in [4.69, 9.17) is 0 Å². The van der Waals surface area contributed by atoms with E-state index in [1.807, 2.05) is 29.2 Å². The van der Waals surface area contributed by atoms with E-state index in [0.717, 1.165) is 22.5 Å². The molecule has 0 saturated heterocycles. The van der Waals surface area contributed by atoms with Crippen LogP contribution in [0.4, 0.5) is 11.4 Å². The number of carbonyl (C=O) groups is 1. The van der Waals surface area contributed by atoms with E-state index in [2.05, 4.69) is 105 Å². The van der Waals surface area contributed by atoms with Gasteiger partial charge in [0.15, 0.2) is 0 Å². The van der Waals surface area contributed by atoms with Crippen LogP contribution in [-0.4, -0.2) is 5.91 Å². The van der Waals surface area contributed by atoms with Crippen LogP contribution in [0.15, 0.2) is 103 Å². The van der Waals surface area contributed by atoms with Crippen LogP contribution < -0.4 is 9.80 Å². The summed E-state index contributed by atoms with van der Waals surface area (Å²) in [6.07, 6.45) is -0.258. The normalized spacial score (nSPS) is 15.5. The van der Waals surface area contributed by atoms with Crippen molar-refractivity contribution >= 4 is 17.3 Å². The quantitative estimate of drug-likeness (QED) is 0.317. The zero-order chi connectivity index (χ0) is 23.7. The third-order valence-electron chi connectivity index (χ3n) is 6.61. The van der Waals surface area contributed by atoms with Gasteiger partial charge in [0, 0.05) is 12.2 Å². The second kappa shape index (κ2) is 9.18. The lowest BCUT2D eigenvalue weighted by atomic mass is 9.96. The zero-order valence-corrected chi connectivity index (χ0v) is 20.0. The fourth-order valence-electron chi connectivity index (χ4n) is 4.71. The van der Waals surface area contributed by atoms with E-state index >= 15 is 0 Å². The summed E-state index contributed by atoms with van der Waals surface area (Å²) < 4.78 is 0. The number of anilines is 2. The minimum absolute atomic E-state index is 0.0294. The maximum absolute atomic E-state index is 14.0. The molecule has 0 fully saturated rings. The molecule has 170 valence electrons. The summed E-state index contributed by atoms with van der Waals surface area (Å²) >= 11 is 0. The van der Waals surface area contributed by atoms with Crippen molar-refractivity contribution in [3.63, 3.8) is 0 Å². The SMILES string of the molecule is Cc1ccc(N2C(=O)c3ccccc3N(Cc3ccccc3)[C@H]2c2ccc(C(C)C)cc2)cc1. The van der Waals surface area contributed by atoms with Gasteiger partial charge in [0.05, 0.1) is 11.3 Å². The zero-order valence-electron chi connectivity index (χ0n) is 20.0. The van der Waals surface area contributed by atoms with Crippen molar-refractivity contribution in [1.29, 1.82) is 0 Å². The molecule has 1 aliphatic rings. The van der Waals surface area contributed by atoms with Gasteiger partial charge in [-0.1, -0.05) is 98.3 Å². The van der Waals surface area contributed by atoms with Gasteiger partial charge in [-0.05, 0) is 53.8 Å². The average Bonchev–Trinajstić information content (AvgIpc) is 2.87. The summed E-state index contributed by atoms with van der Waals surface area (Å²) in [5.74, 6) is 0.484. The summed E-state index contributed by atoms with van der Waals surface area (Å²) in [7, 11) is 0. The lowest BCUT2D eigenvalue weighted by molar-refractivity contribution is 0.0968. The van der Waals surface area contributed by atoms with Crippen molar-refractivity contribution in [2.24, 2.45) is 0 Å². The summed E-state index contributed by atoms with van der Waals surface area (Å²) in [5.41, 5.74) is 7.38. The van der Waals surface area contributed by atoms with Crippen LogP contribution in [0.25, 0.3) is 0 Å². The topological polar surface area (TPSA) is 23.6 Å². The molecule has 4 aromatic carbocycles. The van der Waals surface area contributed by atoms with E-state index < -0.39 is 0 Å². The first kappa shape index (κ1) is 22.0. The van der Waals surface area contributed by atoms with Crippen LogP contribution in [-0.2, 0) is 6.54 Å². The smallest absolute Gasteiger partial charge is 0.262 e. The van der Waals surface area contributed by atoms with E-state index in [1.165, 1.54) is 16.7 Å². The van der Waals surface area contributed by atoms with Crippen molar-refractivity contribution in [2.75, 3.05) is 9.80 Å². The van der Waals surface area contributed by atoms with Gasteiger partial charge in [-0.3, -0.25) is 9.69 Å². The maximum Gasteiger partial charge on any atom is 0.262 e. The van der Waals surface area contributed by atoms with Crippen LogP contribution in [0.2, 0.25) is 0 Å². The van der Waals surface area contributed by atoms with Gasteiger partial charge in [0.1, 0.15) is 6.17 Å². The number of benzene rings is 4. The minimum atomic E-state index is -0.258. The number of nitrogens with zero attached hydrogens (tertiary/aromatic N) is 2. The highest BCUT2D eigenvalue weighted by Gasteiger charge is 2.39. The highest BCUT2D eigenvalue weighted by Crippen LogP contribution is 2.42. The summed E-state index contributed by atoms with van der Waals surface area (Å²) in [6, 6.07) is 35.4. The molecule has 0 spiro atoms. The predicted molar refractivity (Wildman–Crippen MR) is 140 cm³/mol. The molecule has 3 heteroatoms. The van der Waals surface area contributed by atoms with Gasteiger partial charge in [0.25, 0.3) is 5.91 Å². The second-order valence-corrected chi connectivity index (χ2v) is 9.34. The molecule has 1 aliphatic heterocycles. The number of amides is 1. The maximum atomic E-state index is 14.0. The molecule has 5 rings (SSSR count). The fraction of sp³-hybridized carbons (Fsp3) is 0.194. The highest BCUT2D eigenvalue weighted by molar-refractivity contribution is 6.12. The molecule has 0 saturated carbocycles. The number of aryl methyl sites for hydroxylation is 1. The Morgan fingerprint density at radius 1 is 0.765 bits per heavy atom. The first-order chi connectivity index (χ1) is 16.5. The summed E-state index contributed by atoms with van der Waals surface area (Å²) in [4.78, 5) is 18.3. The van der Waals surface area contributed by atoms with Crippen LogP contribution in [0.3, 0.4) is 0 Å². The fourth-order valence-corrected chi connectivity index (χ4v) is 4.71. The summed E-state index contributed by atoms with van der Waals surface area (Å²) in [6.45, 7) is 7.18. The van der Waals surface area contributed by atoms with Gasteiger partial charge in [-0.15, -0.1) is 0 Å². The Balaban J connectivity index is 1.70. The number of rotatable bonds is 5. The molecular formula is C31H30N2O. The van der Waals surface area contributed by atoms with Gasteiger partial charge in [-0.25, -0.2) is 0 Å². The van der Waals surface area contributed by atoms with Gasteiger partial charge >= 0.3 is 0 Å². The van der Waals surface area contributed by atoms with Crippen LogP contribution in [0.1, 0.15) is 58.5 Å². The largest absolute Gasteiger partial charge is 0.342 e. The molecule has 34 heavy (non-hydrogen) atoms. The molecule has 0 bridgehead atoms. The molecule has 0 N–H and O–H groups in total. The molecule has 0 unspecified atom stereocenters. The molecule has 0 radical (unpaired) electrons. The predicted octanol–water partition coefficient (Wildman–Crippen LogP) is 7.48. The molecule has 1 heterocycles. The van der Waals surface area contributed by atoms with Crippen molar-refractivity contribution in [2.45, 2.75) is 39.4 Å². The lowest BCUT2D eigenvalue weighted by Gasteiger charge is -2.46. The van der Waals surface area contributed by atoms with Crippen molar-refractivity contribution < 1.29 is 4.79 Å². The van der Waals surface area contributed by atoms with Crippen molar-refractivity contribution in [1.82, 2.24) is 0 Å². The Bertz CT molecular complexity index is 1280. The first-order valence-corrected chi connectivity index (χ1v) is 11.9. The van der Waals surface area contributed by atoms with E-state index in [-0.39, 0.29) is 12.1 Å². The van der Waals surface area contributed by atoms with Gasteiger partial charge < -0.3 is 4.90 Å². The molecule has 0 aromatic heterocycles. The number of hydrogen-bond donors (Lipinski definition) is 0. The third kappa shape index (κ3) is 4.10. The Morgan fingerprint density at radius 3 is 2.09 bits per heavy atom. The monoisotopic (exact) mass is 446 g/mol. The van der Waals surface area contributed by atoms with Crippen LogP contribution in [0, 0.1) is 6.92 Å². The Hall–Kier alpha value is -3.85. The number of carbonyl (C=O) groups excluding carboxylic acids is 1. The van der Waals surface area contributed by atoms with Gasteiger partial charge in [0.2, 0.25) is 0 Å². The second-order valence-electron chi connectivity index (χ2n) is 9.34. The molecule has 0 aliphatic carbocycles. The molecule has 1 atom stereocenters. The Labute approximate surface area is 202 Å². The third-order valence-corrected chi connectivity index (χ3v) is 6.61. The number of para-hydroxylation sites is 1. The van der Waals surface area contributed by atoms with Crippen LogP contribution >= 0.6 is 0 Å². The lowest BCUT2D eigenvalue weighted by Crippen LogP contribution is -2.49. The number of fused-ring (bicyclic) bond motifs is 1. The van der Waals surface area contributed by atoms with E-state index in [0.29, 0.717) is 12.5 Å². The Kier molecular flexibility index (Phi) is 5.93. The van der Waals surface area contributed by atoms with E-state index in [1.54, 1.807) is 0 Å². The summed E-state index contributed by atoms with van der Waals surface area (Å²) in [5, 5.41) is 0. The first-order valence-electron chi connectivity index (χ1n) is 11.9. The molecule has 4 aromatic rings. The van der Waals surface area contributed by atoms with Gasteiger partial charge in [-0.2, -0.15) is 0 Å². The van der Waals surface area contributed by atoms with E-state index in [9.17, 15) is 4.79 Å². The Morgan fingerprint density at radius 2 is 1.41 bits per heavy atom. The average molecular weight is 447 g/mol. The van der Waals surface area contributed by atoms with Crippen LogP contribution in [0.5, 0.6) is 0 Å². The molecule has 1 amide bonds. The minimum Gasteiger partial charge on any atom is -0.342 e.